The first-order valence-electron chi connectivity index (χ1n) is 6.46. The van der Waals surface area contributed by atoms with Gasteiger partial charge in [0.15, 0.2) is 0 Å². The summed E-state index contributed by atoms with van der Waals surface area (Å²) in [5.74, 6) is 0.420. The zero-order valence-electron chi connectivity index (χ0n) is 11.3. The number of hydrogen-bond donors (Lipinski definition) is 1. The van der Waals surface area contributed by atoms with Gasteiger partial charge in [-0.05, 0) is 54.8 Å². The van der Waals surface area contributed by atoms with Crippen molar-refractivity contribution in [2.75, 3.05) is 0 Å². The van der Waals surface area contributed by atoms with Crippen LogP contribution in [0.25, 0.3) is 0 Å². The Labute approximate surface area is 126 Å². The minimum atomic E-state index is -0.267. The van der Waals surface area contributed by atoms with Gasteiger partial charge in [-0.25, -0.2) is 4.39 Å². The van der Waals surface area contributed by atoms with E-state index in [0.717, 1.165) is 15.6 Å². The topological polar surface area (TPSA) is 35.2 Å². The second kappa shape index (κ2) is 6.86. The summed E-state index contributed by atoms with van der Waals surface area (Å²) in [6.07, 6.45) is 0.591. The third-order valence-corrected chi connectivity index (χ3v) is 3.40. The summed E-state index contributed by atoms with van der Waals surface area (Å²) >= 11 is 3.39. The van der Waals surface area contributed by atoms with Crippen LogP contribution in [0, 0.1) is 5.82 Å². The molecular formula is C16H17BrFNO. The van der Waals surface area contributed by atoms with Gasteiger partial charge < -0.3 is 10.5 Å². The van der Waals surface area contributed by atoms with Crippen LogP contribution in [0.2, 0.25) is 0 Å². The van der Waals surface area contributed by atoms with Crippen LogP contribution < -0.4 is 10.5 Å². The van der Waals surface area contributed by atoms with Crippen LogP contribution in [0.3, 0.4) is 0 Å². The van der Waals surface area contributed by atoms with Gasteiger partial charge in [0.05, 0.1) is 0 Å². The first kappa shape index (κ1) is 15.0. The molecule has 0 aromatic heterocycles. The van der Waals surface area contributed by atoms with Crippen molar-refractivity contribution in [2.45, 2.75) is 26.0 Å². The van der Waals surface area contributed by atoms with Gasteiger partial charge in [-0.1, -0.05) is 28.1 Å². The fourth-order valence-electron chi connectivity index (χ4n) is 1.94. The Morgan fingerprint density at radius 3 is 2.55 bits per heavy atom. The number of benzene rings is 2. The molecule has 0 saturated carbocycles. The highest BCUT2D eigenvalue weighted by Crippen LogP contribution is 2.22. The van der Waals surface area contributed by atoms with E-state index in [9.17, 15) is 4.39 Å². The van der Waals surface area contributed by atoms with Crippen molar-refractivity contribution >= 4 is 15.9 Å². The third kappa shape index (κ3) is 4.32. The predicted molar refractivity (Wildman–Crippen MR) is 82.2 cm³/mol. The Balaban J connectivity index is 2.10. The van der Waals surface area contributed by atoms with E-state index in [4.69, 9.17) is 10.5 Å². The number of nitrogens with two attached hydrogens (primary N) is 1. The quantitative estimate of drug-likeness (QED) is 0.892. The van der Waals surface area contributed by atoms with Gasteiger partial charge >= 0.3 is 0 Å². The largest absolute Gasteiger partial charge is 0.489 e. The van der Waals surface area contributed by atoms with E-state index in [1.54, 1.807) is 6.07 Å². The standard InChI is InChI=1S/C16H17BrFNO/c1-11(19)8-13-9-15(18)6-7-16(13)20-10-12-2-4-14(17)5-3-12/h2-7,9,11H,8,10,19H2,1H3. The van der Waals surface area contributed by atoms with Gasteiger partial charge in [0.2, 0.25) is 0 Å². The Bertz CT molecular complexity index is 569. The molecule has 0 aliphatic carbocycles. The summed E-state index contributed by atoms with van der Waals surface area (Å²) < 4.78 is 20.1. The van der Waals surface area contributed by atoms with E-state index in [-0.39, 0.29) is 11.9 Å². The minimum Gasteiger partial charge on any atom is -0.489 e. The summed E-state index contributed by atoms with van der Waals surface area (Å²) in [6.45, 7) is 2.34. The molecule has 2 nitrogen and oxygen atoms in total. The summed E-state index contributed by atoms with van der Waals surface area (Å²) in [7, 11) is 0. The molecule has 2 aromatic rings. The van der Waals surface area contributed by atoms with Crippen molar-refractivity contribution in [2.24, 2.45) is 5.73 Å². The molecule has 0 spiro atoms. The summed E-state index contributed by atoms with van der Waals surface area (Å²) in [6, 6.07) is 12.4. The molecule has 0 saturated heterocycles. The minimum absolute atomic E-state index is 0.0353. The molecule has 0 fully saturated rings. The third-order valence-electron chi connectivity index (χ3n) is 2.87. The lowest BCUT2D eigenvalue weighted by molar-refractivity contribution is 0.302. The van der Waals surface area contributed by atoms with Crippen LogP contribution in [0.4, 0.5) is 4.39 Å². The predicted octanol–water partition coefficient (Wildman–Crippen LogP) is 4.06. The number of halogens is 2. The monoisotopic (exact) mass is 337 g/mol. The molecular weight excluding hydrogens is 321 g/mol. The first-order chi connectivity index (χ1) is 9.54. The van der Waals surface area contributed by atoms with Crippen molar-refractivity contribution in [3.05, 3.63) is 63.9 Å². The van der Waals surface area contributed by atoms with Crippen molar-refractivity contribution in [3.63, 3.8) is 0 Å². The van der Waals surface area contributed by atoms with Crippen molar-refractivity contribution in [1.82, 2.24) is 0 Å². The van der Waals surface area contributed by atoms with Gasteiger partial charge in [0, 0.05) is 10.5 Å². The Hall–Kier alpha value is -1.39. The van der Waals surface area contributed by atoms with Gasteiger partial charge in [-0.3, -0.25) is 0 Å². The van der Waals surface area contributed by atoms with Gasteiger partial charge in [-0.15, -0.1) is 0 Å². The van der Waals surface area contributed by atoms with Crippen LogP contribution in [-0.4, -0.2) is 6.04 Å². The maximum Gasteiger partial charge on any atom is 0.123 e. The summed E-state index contributed by atoms with van der Waals surface area (Å²) in [4.78, 5) is 0. The van der Waals surface area contributed by atoms with Crippen LogP contribution >= 0.6 is 15.9 Å². The zero-order chi connectivity index (χ0) is 14.5. The van der Waals surface area contributed by atoms with Gasteiger partial charge in [0.1, 0.15) is 18.2 Å². The molecule has 0 amide bonds. The van der Waals surface area contributed by atoms with E-state index < -0.39 is 0 Å². The number of ether oxygens (including phenoxy) is 1. The fourth-order valence-corrected chi connectivity index (χ4v) is 2.20. The molecule has 0 bridgehead atoms. The second-order valence-electron chi connectivity index (χ2n) is 4.85. The molecule has 20 heavy (non-hydrogen) atoms. The van der Waals surface area contributed by atoms with Crippen molar-refractivity contribution in [3.8, 4) is 5.75 Å². The van der Waals surface area contributed by atoms with Gasteiger partial charge in [0.25, 0.3) is 0 Å². The molecule has 2 N–H and O–H groups in total. The van der Waals surface area contributed by atoms with E-state index in [1.165, 1.54) is 12.1 Å². The molecule has 1 atom stereocenters. The number of rotatable bonds is 5. The average molecular weight is 338 g/mol. The van der Waals surface area contributed by atoms with Gasteiger partial charge in [-0.2, -0.15) is 0 Å². The van der Waals surface area contributed by atoms with Crippen LogP contribution in [0.1, 0.15) is 18.1 Å². The maximum atomic E-state index is 13.3. The van der Waals surface area contributed by atoms with Crippen molar-refractivity contribution in [1.29, 1.82) is 0 Å². The lowest BCUT2D eigenvalue weighted by Gasteiger charge is -2.13. The fraction of sp³-hybridized carbons (Fsp3) is 0.250. The molecule has 0 aliphatic rings. The van der Waals surface area contributed by atoms with Crippen molar-refractivity contribution < 1.29 is 9.13 Å². The molecule has 2 rings (SSSR count). The van der Waals surface area contributed by atoms with Crippen LogP contribution in [0.15, 0.2) is 46.9 Å². The molecule has 0 radical (unpaired) electrons. The highest BCUT2D eigenvalue weighted by atomic mass is 79.9. The lowest BCUT2D eigenvalue weighted by atomic mass is 10.1. The smallest absolute Gasteiger partial charge is 0.123 e. The van der Waals surface area contributed by atoms with Crippen LogP contribution in [0.5, 0.6) is 5.75 Å². The van der Waals surface area contributed by atoms with E-state index in [2.05, 4.69) is 15.9 Å². The first-order valence-corrected chi connectivity index (χ1v) is 7.25. The van der Waals surface area contributed by atoms with E-state index in [1.807, 2.05) is 31.2 Å². The lowest BCUT2D eigenvalue weighted by Crippen LogP contribution is -2.18. The zero-order valence-corrected chi connectivity index (χ0v) is 12.9. The Morgan fingerprint density at radius 1 is 1.20 bits per heavy atom. The van der Waals surface area contributed by atoms with Crippen LogP contribution in [-0.2, 0) is 13.0 Å². The molecule has 0 aliphatic heterocycles. The average Bonchev–Trinajstić information content (AvgIpc) is 2.39. The molecule has 106 valence electrons. The molecule has 0 heterocycles. The highest BCUT2D eigenvalue weighted by Gasteiger charge is 2.08. The normalized spacial score (nSPS) is 12.2. The summed E-state index contributed by atoms with van der Waals surface area (Å²) in [5.41, 5.74) is 7.65. The molecule has 4 heteroatoms. The summed E-state index contributed by atoms with van der Waals surface area (Å²) in [5, 5.41) is 0. The maximum absolute atomic E-state index is 13.3. The Morgan fingerprint density at radius 2 is 1.90 bits per heavy atom. The highest BCUT2D eigenvalue weighted by molar-refractivity contribution is 9.10. The SMILES string of the molecule is CC(N)Cc1cc(F)ccc1OCc1ccc(Br)cc1. The number of hydrogen-bond acceptors (Lipinski definition) is 2. The molecule has 1 unspecified atom stereocenters. The van der Waals surface area contributed by atoms with E-state index in [0.29, 0.717) is 18.8 Å². The van der Waals surface area contributed by atoms with E-state index >= 15 is 0 Å². The Kier molecular flexibility index (Phi) is 5.15. The second-order valence-corrected chi connectivity index (χ2v) is 5.76. The molecule has 2 aromatic carbocycles.